The van der Waals surface area contributed by atoms with E-state index in [0.29, 0.717) is 33.1 Å². The number of aromatic nitrogens is 3. The number of aromatic carboxylic acids is 1. The average molecular weight is 454 g/mol. The van der Waals surface area contributed by atoms with E-state index in [1.807, 2.05) is 18.2 Å². The number of anilines is 1. The summed E-state index contributed by atoms with van der Waals surface area (Å²) in [7, 11) is 0. The van der Waals surface area contributed by atoms with Crippen LogP contribution in [0.25, 0.3) is 17.3 Å². The van der Waals surface area contributed by atoms with Crippen LogP contribution in [0.3, 0.4) is 0 Å². The van der Waals surface area contributed by atoms with Gasteiger partial charge in [0.15, 0.2) is 10.9 Å². The van der Waals surface area contributed by atoms with Crippen molar-refractivity contribution in [3.05, 3.63) is 77.5 Å². The first-order valence-corrected chi connectivity index (χ1v) is 10.4. The molecule has 8 nitrogen and oxygen atoms in total. The quantitative estimate of drug-likeness (QED) is 0.427. The summed E-state index contributed by atoms with van der Waals surface area (Å²) < 4.78 is 7.18. The lowest BCUT2D eigenvalue weighted by Crippen LogP contribution is -2.22. The molecule has 0 bridgehead atoms. The molecule has 0 radical (unpaired) electrons. The van der Waals surface area contributed by atoms with Crippen LogP contribution in [0.5, 0.6) is 0 Å². The van der Waals surface area contributed by atoms with Crippen molar-refractivity contribution in [2.75, 3.05) is 11.1 Å². The van der Waals surface area contributed by atoms with E-state index >= 15 is 0 Å². The van der Waals surface area contributed by atoms with Gasteiger partial charge in [0.1, 0.15) is 0 Å². The highest BCUT2D eigenvalue weighted by Gasteiger charge is 2.20. The standard InChI is InChI=1S/C21H15ClN4O4S/c22-15-7-1-2-8-16(15)26-19(17-9-4-10-30-17)24-25-21(26)31-12-18(27)23-14-6-3-5-13(11-14)20(28)29/h1-11H,12H2,(H,23,27)(H,28,29)/p-1. The topological polar surface area (TPSA) is 113 Å². The molecule has 2 aromatic carbocycles. The third-order valence-corrected chi connectivity index (χ3v) is 5.43. The number of amides is 1. The molecule has 2 aromatic heterocycles. The summed E-state index contributed by atoms with van der Waals surface area (Å²) in [5.74, 6) is -0.695. The van der Waals surface area contributed by atoms with E-state index in [0.717, 1.165) is 11.8 Å². The highest BCUT2D eigenvalue weighted by Crippen LogP contribution is 2.31. The monoisotopic (exact) mass is 453 g/mol. The lowest BCUT2D eigenvalue weighted by Gasteiger charge is -2.11. The van der Waals surface area contributed by atoms with Crippen LogP contribution in [0.2, 0.25) is 5.02 Å². The van der Waals surface area contributed by atoms with Gasteiger partial charge in [0.05, 0.1) is 28.7 Å². The van der Waals surface area contributed by atoms with Crippen LogP contribution in [0.15, 0.2) is 76.5 Å². The molecule has 0 atom stereocenters. The summed E-state index contributed by atoms with van der Waals surface area (Å²) in [4.78, 5) is 23.4. The summed E-state index contributed by atoms with van der Waals surface area (Å²) in [6, 6.07) is 16.5. The number of halogens is 1. The van der Waals surface area contributed by atoms with Crippen LogP contribution >= 0.6 is 23.4 Å². The summed E-state index contributed by atoms with van der Waals surface area (Å²) in [6.07, 6.45) is 1.53. The van der Waals surface area contributed by atoms with Gasteiger partial charge in [0.2, 0.25) is 11.7 Å². The number of nitrogens with one attached hydrogen (secondary N) is 1. The van der Waals surface area contributed by atoms with Gasteiger partial charge in [-0.05, 0) is 42.0 Å². The van der Waals surface area contributed by atoms with E-state index in [-0.39, 0.29) is 17.2 Å². The maximum atomic E-state index is 12.4. The van der Waals surface area contributed by atoms with Crippen LogP contribution in [-0.4, -0.2) is 32.4 Å². The van der Waals surface area contributed by atoms with Crippen molar-refractivity contribution in [2.45, 2.75) is 5.16 Å². The molecule has 156 valence electrons. The zero-order valence-corrected chi connectivity index (χ0v) is 17.4. The molecule has 4 aromatic rings. The number of hydrogen-bond donors (Lipinski definition) is 1. The number of carboxylic acid groups (broad SMARTS) is 1. The first kappa shape index (κ1) is 20.7. The van der Waals surface area contributed by atoms with Crippen molar-refractivity contribution in [1.29, 1.82) is 0 Å². The molecule has 0 spiro atoms. The Morgan fingerprint density at radius 3 is 2.68 bits per heavy atom. The summed E-state index contributed by atoms with van der Waals surface area (Å²) in [5.41, 5.74) is 0.980. The van der Waals surface area contributed by atoms with Crippen molar-refractivity contribution in [1.82, 2.24) is 14.8 Å². The average Bonchev–Trinajstić information content (AvgIpc) is 3.42. The van der Waals surface area contributed by atoms with Gasteiger partial charge in [-0.3, -0.25) is 9.36 Å². The normalized spacial score (nSPS) is 10.7. The maximum absolute atomic E-state index is 12.4. The molecule has 0 saturated heterocycles. The van der Waals surface area contributed by atoms with Crippen molar-refractivity contribution in [3.8, 4) is 17.3 Å². The Morgan fingerprint density at radius 1 is 1.10 bits per heavy atom. The number of thioether (sulfide) groups is 1. The molecule has 1 N–H and O–H groups in total. The van der Waals surface area contributed by atoms with Gasteiger partial charge in [0, 0.05) is 5.69 Å². The van der Waals surface area contributed by atoms with Crippen molar-refractivity contribution >= 4 is 40.9 Å². The Hall–Kier alpha value is -3.56. The minimum Gasteiger partial charge on any atom is -0.545 e. The number of benzene rings is 2. The van der Waals surface area contributed by atoms with Crippen LogP contribution in [0.1, 0.15) is 10.4 Å². The van der Waals surface area contributed by atoms with E-state index in [4.69, 9.17) is 16.0 Å². The van der Waals surface area contributed by atoms with Gasteiger partial charge in [-0.25, -0.2) is 0 Å². The van der Waals surface area contributed by atoms with Gasteiger partial charge in [0.25, 0.3) is 0 Å². The van der Waals surface area contributed by atoms with E-state index in [9.17, 15) is 14.7 Å². The molecule has 0 aliphatic rings. The van der Waals surface area contributed by atoms with E-state index in [1.165, 1.54) is 24.5 Å². The molecule has 0 unspecified atom stereocenters. The Morgan fingerprint density at radius 2 is 1.94 bits per heavy atom. The third-order valence-electron chi connectivity index (χ3n) is 4.18. The summed E-state index contributed by atoms with van der Waals surface area (Å²) in [6.45, 7) is 0. The fourth-order valence-corrected chi connectivity index (χ4v) is 3.80. The largest absolute Gasteiger partial charge is 0.545 e. The second kappa shape index (κ2) is 9.07. The number of para-hydroxylation sites is 1. The highest BCUT2D eigenvalue weighted by molar-refractivity contribution is 7.99. The minimum atomic E-state index is -1.32. The highest BCUT2D eigenvalue weighted by atomic mass is 35.5. The number of carboxylic acids is 1. The number of furan rings is 1. The SMILES string of the molecule is O=C(CSc1nnc(-c2ccco2)n1-c1ccccc1Cl)Nc1cccc(C(=O)[O-])c1. The van der Waals surface area contributed by atoms with Gasteiger partial charge >= 0.3 is 0 Å². The molecule has 0 aliphatic heterocycles. The second-order valence-corrected chi connectivity index (χ2v) is 7.63. The van der Waals surface area contributed by atoms with Crippen molar-refractivity contribution in [3.63, 3.8) is 0 Å². The predicted octanol–water partition coefficient (Wildman–Crippen LogP) is 3.28. The Balaban J connectivity index is 1.56. The third kappa shape index (κ3) is 4.62. The van der Waals surface area contributed by atoms with Gasteiger partial charge in [-0.15, -0.1) is 10.2 Å². The molecular weight excluding hydrogens is 440 g/mol. The zero-order chi connectivity index (χ0) is 21.8. The first-order chi connectivity index (χ1) is 15.0. The van der Waals surface area contributed by atoms with Crippen molar-refractivity contribution in [2.24, 2.45) is 0 Å². The molecule has 31 heavy (non-hydrogen) atoms. The molecule has 0 saturated carbocycles. The van der Waals surface area contributed by atoms with Crippen molar-refractivity contribution < 1.29 is 19.1 Å². The van der Waals surface area contributed by atoms with Gasteiger partial charge in [-0.2, -0.15) is 0 Å². The first-order valence-electron chi connectivity index (χ1n) is 9.01. The zero-order valence-electron chi connectivity index (χ0n) is 15.8. The summed E-state index contributed by atoms with van der Waals surface area (Å²) >= 11 is 7.54. The smallest absolute Gasteiger partial charge is 0.234 e. The van der Waals surface area contributed by atoms with Crippen LogP contribution in [-0.2, 0) is 4.79 Å². The second-order valence-electron chi connectivity index (χ2n) is 6.28. The molecule has 0 aliphatic carbocycles. The maximum Gasteiger partial charge on any atom is 0.234 e. The molecule has 2 heterocycles. The van der Waals surface area contributed by atoms with Crippen LogP contribution < -0.4 is 10.4 Å². The fourth-order valence-electron chi connectivity index (χ4n) is 2.83. The molecule has 10 heteroatoms. The Labute approximate surface area is 185 Å². The molecule has 0 fully saturated rings. The minimum absolute atomic E-state index is 0.0102. The van der Waals surface area contributed by atoms with E-state index in [1.54, 1.807) is 28.8 Å². The molecule has 1 amide bonds. The molecular formula is C21H14ClN4O4S-. The summed E-state index contributed by atoms with van der Waals surface area (Å²) in [5, 5.41) is 23.0. The van der Waals surface area contributed by atoms with E-state index < -0.39 is 5.97 Å². The van der Waals surface area contributed by atoms with Crippen LogP contribution in [0.4, 0.5) is 5.69 Å². The predicted molar refractivity (Wildman–Crippen MR) is 114 cm³/mol. The van der Waals surface area contributed by atoms with Gasteiger partial charge in [-0.1, -0.05) is 47.6 Å². The fraction of sp³-hybridized carbons (Fsp3) is 0.0476. The van der Waals surface area contributed by atoms with E-state index in [2.05, 4.69) is 15.5 Å². The Bertz CT molecular complexity index is 1240. The van der Waals surface area contributed by atoms with Gasteiger partial charge < -0.3 is 19.6 Å². The number of rotatable bonds is 7. The lowest BCUT2D eigenvalue weighted by molar-refractivity contribution is -0.255. The Kier molecular flexibility index (Phi) is 6.06. The molecule has 4 rings (SSSR count). The number of carbonyl (C=O) groups excluding carboxylic acids is 2. The number of nitrogens with zero attached hydrogens (tertiary/aromatic N) is 3. The lowest BCUT2D eigenvalue weighted by atomic mass is 10.2. The number of carbonyl (C=O) groups is 2. The van der Waals surface area contributed by atoms with Crippen LogP contribution in [0, 0.1) is 0 Å². The number of hydrogen-bond acceptors (Lipinski definition) is 7.